The van der Waals surface area contributed by atoms with Gasteiger partial charge < -0.3 is 42.0 Å². The quantitative estimate of drug-likeness (QED) is 0.0741. The summed E-state index contributed by atoms with van der Waals surface area (Å²) in [4.78, 5) is 38.4. The number of fused-ring (bicyclic) bond motifs is 6. The topological polar surface area (TPSA) is 86.7 Å². The molecule has 10 aromatic carbocycles. The maximum atomic E-state index is 6.33. The average Bonchev–Trinajstić information content (AvgIpc) is 1.56. The van der Waals surface area contributed by atoms with E-state index >= 15 is 0 Å². The SMILES string of the molecule is C1=CC2(C1)C[CH-]CCC2.CC1(C)CC(C)(C)c2nc3c(nc21)N(c1[c-]cccc1)[CH-]N3c1ccccc1.CCOC1N(c2ccccc2)c2nc3c(nc2N1c1ccccc1)C(C)(C)CC3(C)C.[Cl][Ir+2].[H-].[Ir].[K+].[c-]1ccccc1N1[CH-]N(c2ccccc2)c2ccccc21.c1ccc(N2[CH-]N(c3ccccc3)c3ccccc32)cc1. The number of anilines is 16. The van der Waals surface area contributed by atoms with Gasteiger partial charge in [0.25, 0.3) is 0 Å². The number of halogens is 1. The van der Waals surface area contributed by atoms with Gasteiger partial charge in [0.05, 0.1) is 22.8 Å². The molecule has 13 nitrogen and oxygen atoms in total. The molecule has 2 aromatic heterocycles. The minimum Gasteiger partial charge on any atom is -1.00 e. The van der Waals surface area contributed by atoms with E-state index in [1.165, 1.54) is 84.1 Å². The van der Waals surface area contributed by atoms with Gasteiger partial charge in [-0.15, -0.1) is 31.4 Å². The Kier molecular flexibility index (Phi) is 26.7. The smallest absolute Gasteiger partial charge is 1.00 e. The molecule has 114 heavy (non-hydrogen) atoms. The van der Waals surface area contributed by atoms with Crippen LogP contribution >= 0.6 is 9.58 Å². The van der Waals surface area contributed by atoms with Crippen molar-refractivity contribution in [3.63, 3.8) is 0 Å². The molecule has 8 aliphatic rings. The Morgan fingerprint density at radius 2 is 0.719 bits per heavy atom. The first-order chi connectivity index (χ1) is 54.5. The van der Waals surface area contributed by atoms with Gasteiger partial charge in [-0.05, 0) is 135 Å². The molecule has 1 fully saturated rings. The van der Waals surface area contributed by atoms with Crippen molar-refractivity contribution in [2.75, 3.05) is 45.8 Å². The van der Waals surface area contributed by atoms with Crippen LogP contribution in [0.2, 0.25) is 0 Å². The summed E-state index contributed by atoms with van der Waals surface area (Å²) in [7, 11) is 4.64. The third-order valence-electron chi connectivity index (χ3n) is 22.0. The Hall–Kier alpha value is -8.31. The fourth-order valence-electron chi connectivity index (χ4n) is 17.1. The van der Waals surface area contributed by atoms with E-state index in [9.17, 15) is 0 Å². The molecule has 4 aliphatic carbocycles. The molecule has 0 amide bonds. The summed E-state index contributed by atoms with van der Waals surface area (Å²) in [5.74, 6) is 3.47. The summed E-state index contributed by atoms with van der Waals surface area (Å²) >= 11 is 1.47. The number of benzene rings is 10. The second kappa shape index (κ2) is 36.5. The monoisotopic (exact) mass is 1910 g/mol. The van der Waals surface area contributed by atoms with Gasteiger partial charge in [0.15, 0.2) is 11.6 Å². The van der Waals surface area contributed by atoms with Crippen molar-refractivity contribution >= 4 is 101 Å². The van der Waals surface area contributed by atoms with Crippen molar-refractivity contribution in [2.45, 2.75) is 135 Å². The van der Waals surface area contributed by atoms with Crippen LogP contribution in [0, 0.1) is 44.0 Å². The number of nitrogens with zero attached hydrogens (tertiary/aromatic N) is 12. The van der Waals surface area contributed by atoms with Crippen LogP contribution in [0.1, 0.15) is 131 Å². The Balaban J connectivity index is 0.000000136. The fourth-order valence-corrected chi connectivity index (χ4v) is 17.1. The number of allylic oxidation sites excluding steroid dienone is 2. The minimum absolute atomic E-state index is 0. The molecular weight excluding hydrogens is 1810 g/mol. The number of hydrogen-bond acceptors (Lipinski definition) is 13. The molecule has 17 heteroatoms. The third-order valence-corrected chi connectivity index (χ3v) is 22.0. The Bertz CT molecular complexity index is 4750. The van der Waals surface area contributed by atoms with Crippen molar-refractivity contribution in [1.29, 1.82) is 0 Å². The molecule has 12 aromatic rings. The van der Waals surface area contributed by atoms with Crippen molar-refractivity contribution < 1.29 is 95.5 Å². The van der Waals surface area contributed by atoms with Gasteiger partial charge in [-0.3, -0.25) is 9.80 Å². The normalized spacial score (nSPS) is 18.0. The van der Waals surface area contributed by atoms with Gasteiger partial charge in [-0.1, -0.05) is 207 Å². The van der Waals surface area contributed by atoms with Gasteiger partial charge in [-0.25, -0.2) is 19.9 Å². The van der Waals surface area contributed by atoms with Crippen LogP contribution in [0.25, 0.3) is 0 Å². The van der Waals surface area contributed by atoms with Crippen molar-refractivity contribution in [2.24, 2.45) is 5.41 Å². The van der Waals surface area contributed by atoms with Crippen LogP contribution in [0.5, 0.6) is 0 Å². The summed E-state index contributed by atoms with van der Waals surface area (Å²) in [6, 6.07) is 102. The van der Waals surface area contributed by atoms with Crippen molar-refractivity contribution in [3.8, 4) is 0 Å². The molecular formula is C97H97ClIr2KN12O-4. The van der Waals surface area contributed by atoms with E-state index in [1.54, 1.807) is 0 Å². The van der Waals surface area contributed by atoms with Crippen LogP contribution in [0.3, 0.4) is 0 Å². The zero-order valence-corrected chi connectivity index (χ0v) is 75.2. The summed E-state index contributed by atoms with van der Waals surface area (Å²) in [6.07, 6.45) is 15.8. The standard InChI is InChI=1S/C26H30N4O.C24H24N4.C19H15N2.C19H14N2.C9H13.ClH.2Ir.K.H/c1-6-31-24-29(18-13-9-7-10-14-18)22-23(30(24)19-15-11-8-12-16-19)28-21-20(27-22)25(2,3)17-26(21,4)5;1-23(2)15-24(3,4)20-19(23)25-21-22(26-20)28(18-13-9-6-10-14-18)16-27(21)17-11-7-5-8-12-17;2*1-3-9-16(10-4-1)20-15-21(17-11-5-2-6-12-17)19-14-8-7-13-18(19)20;1-2-5-9(6-3-1)7-4-8-9;;;;;/h7-16,24H,6,17H2,1-5H3;5-13,16H,15H2,1-4H3;1-15H;1-11,13-15H;2,4,7H,1,3,5-6,8H2;1H;;;;/q;-2;-1;-2;-1;;;+3;+1;-1/p-1. The molecule has 1 saturated carbocycles. The van der Waals surface area contributed by atoms with Crippen molar-refractivity contribution in [3.05, 3.63) is 353 Å². The van der Waals surface area contributed by atoms with Gasteiger partial charge in [0, 0.05) is 105 Å². The van der Waals surface area contributed by atoms with Gasteiger partial charge >= 0.3 is 78.9 Å². The first-order valence-corrected chi connectivity index (χ1v) is 41.9. The number of para-hydroxylation sites is 12. The number of rotatable bonds is 10. The van der Waals surface area contributed by atoms with Crippen LogP contribution in [0.15, 0.2) is 291 Å². The number of aromatic nitrogens is 4. The van der Waals surface area contributed by atoms with E-state index < -0.39 is 0 Å². The Morgan fingerprint density at radius 1 is 0.412 bits per heavy atom. The van der Waals surface area contributed by atoms with Crippen LogP contribution in [-0.2, 0) is 64.4 Å². The van der Waals surface area contributed by atoms with E-state index in [1.807, 2.05) is 91.9 Å². The predicted octanol–water partition coefficient (Wildman–Crippen LogP) is 22.2. The van der Waals surface area contributed by atoms with E-state index in [0.29, 0.717) is 12.0 Å². The second-order valence-corrected chi connectivity index (χ2v) is 32.0. The average molecular weight is 1910 g/mol. The van der Waals surface area contributed by atoms with Crippen LogP contribution in [-0.4, -0.2) is 32.9 Å². The molecule has 581 valence electrons. The molecule has 1 unspecified atom stereocenters. The number of ether oxygens (including phenoxy) is 1. The zero-order chi connectivity index (χ0) is 77.6. The predicted molar refractivity (Wildman–Crippen MR) is 459 cm³/mol. The van der Waals surface area contributed by atoms with Crippen molar-refractivity contribution in [1.82, 2.24) is 19.9 Å². The number of hydrogen-bond donors (Lipinski definition) is 0. The van der Waals surface area contributed by atoms with Crippen LogP contribution < -0.4 is 90.6 Å². The molecule has 1 spiro atoms. The Labute approximate surface area is 747 Å². The summed E-state index contributed by atoms with van der Waals surface area (Å²) in [5.41, 5.74) is 18.5. The molecule has 0 bridgehead atoms. The van der Waals surface area contributed by atoms with Gasteiger partial charge in [0.1, 0.15) is 11.6 Å². The van der Waals surface area contributed by atoms with E-state index in [0.717, 1.165) is 93.0 Å². The second-order valence-electron chi connectivity index (χ2n) is 32.0. The fraction of sp³-hybridized carbons (Fsp3) is 0.237. The zero-order valence-electron chi connectivity index (χ0n) is 67.6. The van der Waals surface area contributed by atoms with Gasteiger partial charge in [0.2, 0.25) is 6.35 Å². The van der Waals surface area contributed by atoms with Crippen LogP contribution in [0.4, 0.5) is 91.5 Å². The van der Waals surface area contributed by atoms with E-state index in [4.69, 9.17) is 24.7 Å². The first-order valence-electron chi connectivity index (χ1n) is 38.9. The summed E-state index contributed by atoms with van der Waals surface area (Å²) in [6.45, 7) is 27.1. The maximum absolute atomic E-state index is 6.33. The minimum atomic E-state index is -0.349. The molecule has 4 aliphatic heterocycles. The first kappa shape index (κ1) is 83.6. The molecule has 1 atom stereocenters. The molecule has 20 rings (SSSR count). The van der Waals surface area contributed by atoms with E-state index in [2.05, 4.69) is 349 Å². The summed E-state index contributed by atoms with van der Waals surface area (Å²) in [5, 5.41) is 0. The largest absolute Gasteiger partial charge is 1.00 e. The molecule has 1 radical (unpaired) electrons. The molecule has 0 N–H and O–H groups in total. The van der Waals surface area contributed by atoms with E-state index in [-0.39, 0.29) is 101 Å². The Morgan fingerprint density at radius 3 is 1.04 bits per heavy atom. The molecule has 0 saturated heterocycles. The van der Waals surface area contributed by atoms with Gasteiger partial charge in [-0.2, -0.15) is 73.5 Å². The third kappa shape index (κ3) is 17.4. The summed E-state index contributed by atoms with van der Waals surface area (Å²) < 4.78 is 6.33. The maximum Gasteiger partial charge on any atom is 1.00 e. The molecule has 6 heterocycles.